The van der Waals surface area contributed by atoms with Gasteiger partial charge < -0.3 is 21.1 Å². The number of hydrogen-bond acceptors (Lipinski definition) is 3. The van der Waals surface area contributed by atoms with Gasteiger partial charge in [0.1, 0.15) is 0 Å². The Morgan fingerprint density at radius 3 is 3.00 bits per heavy atom. The van der Waals surface area contributed by atoms with Gasteiger partial charge in [0.25, 0.3) is 5.91 Å². The first kappa shape index (κ1) is 12.6. The van der Waals surface area contributed by atoms with Crippen LogP contribution in [0.3, 0.4) is 0 Å². The molecule has 0 fully saturated rings. The summed E-state index contributed by atoms with van der Waals surface area (Å²) >= 11 is 0. The van der Waals surface area contributed by atoms with Crippen molar-refractivity contribution in [2.45, 2.75) is 6.42 Å². The van der Waals surface area contributed by atoms with Crippen LogP contribution in [0.5, 0.6) is 0 Å². The maximum atomic E-state index is 11.8. The second-order valence-corrected chi connectivity index (χ2v) is 4.09. The standard InChI is InChI=1S/C13H17N3O2/c14-4-3-10-8-16-12-2-1-9(7-11(10)12)13(18)15-5-6-17/h1-2,7-8,16-17H,3-6,14H2,(H,15,18). The maximum Gasteiger partial charge on any atom is 0.251 e. The van der Waals surface area contributed by atoms with Gasteiger partial charge in [0.2, 0.25) is 0 Å². The quantitative estimate of drug-likeness (QED) is 0.616. The number of rotatable bonds is 5. The first-order valence-electron chi connectivity index (χ1n) is 5.95. The number of aliphatic hydroxyl groups is 1. The second kappa shape index (κ2) is 5.66. The van der Waals surface area contributed by atoms with Crippen molar-refractivity contribution >= 4 is 16.8 Å². The molecular formula is C13H17N3O2. The van der Waals surface area contributed by atoms with Gasteiger partial charge in [0.05, 0.1) is 6.61 Å². The van der Waals surface area contributed by atoms with Crippen LogP contribution >= 0.6 is 0 Å². The lowest BCUT2D eigenvalue weighted by Gasteiger charge is -2.04. The van der Waals surface area contributed by atoms with E-state index in [-0.39, 0.29) is 19.1 Å². The van der Waals surface area contributed by atoms with Crippen LogP contribution < -0.4 is 11.1 Å². The van der Waals surface area contributed by atoms with Gasteiger partial charge >= 0.3 is 0 Å². The maximum absolute atomic E-state index is 11.8. The molecule has 2 aromatic rings. The smallest absolute Gasteiger partial charge is 0.251 e. The van der Waals surface area contributed by atoms with Gasteiger partial charge in [-0.2, -0.15) is 0 Å². The van der Waals surface area contributed by atoms with E-state index in [9.17, 15) is 4.79 Å². The van der Waals surface area contributed by atoms with Crippen molar-refractivity contribution in [2.24, 2.45) is 5.73 Å². The fourth-order valence-electron chi connectivity index (χ4n) is 1.95. The van der Waals surface area contributed by atoms with E-state index < -0.39 is 0 Å². The molecule has 1 aromatic carbocycles. The molecule has 0 radical (unpaired) electrons. The Morgan fingerprint density at radius 2 is 2.28 bits per heavy atom. The van der Waals surface area contributed by atoms with Gasteiger partial charge in [0, 0.05) is 29.2 Å². The lowest BCUT2D eigenvalue weighted by molar-refractivity contribution is 0.0945. The van der Waals surface area contributed by atoms with E-state index in [2.05, 4.69) is 10.3 Å². The minimum atomic E-state index is -0.175. The van der Waals surface area contributed by atoms with Crippen LogP contribution in [0.25, 0.3) is 10.9 Å². The minimum absolute atomic E-state index is 0.0590. The molecule has 2 rings (SSSR count). The lowest BCUT2D eigenvalue weighted by atomic mass is 10.1. The van der Waals surface area contributed by atoms with Gasteiger partial charge in [-0.1, -0.05) is 0 Å². The monoisotopic (exact) mass is 247 g/mol. The fraction of sp³-hybridized carbons (Fsp3) is 0.308. The van der Waals surface area contributed by atoms with Gasteiger partial charge in [-0.15, -0.1) is 0 Å². The number of carbonyl (C=O) groups excluding carboxylic acids is 1. The Kier molecular flexibility index (Phi) is 3.96. The highest BCUT2D eigenvalue weighted by molar-refractivity contribution is 5.98. The Bertz CT molecular complexity index is 548. The fourth-order valence-corrected chi connectivity index (χ4v) is 1.95. The molecule has 0 spiro atoms. The van der Waals surface area contributed by atoms with Crippen molar-refractivity contribution in [1.29, 1.82) is 0 Å². The molecule has 0 unspecified atom stereocenters. The highest BCUT2D eigenvalue weighted by Gasteiger charge is 2.08. The number of nitrogens with one attached hydrogen (secondary N) is 2. The Balaban J connectivity index is 2.30. The first-order chi connectivity index (χ1) is 8.76. The van der Waals surface area contributed by atoms with E-state index >= 15 is 0 Å². The topological polar surface area (TPSA) is 91.1 Å². The molecule has 0 saturated heterocycles. The molecule has 0 aliphatic rings. The zero-order valence-corrected chi connectivity index (χ0v) is 10.1. The Hall–Kier alpha value is -1.85. The number of aromatic nitrogens is 1. The average molecular weight is 247 g/mol. The van der Waals surface area contributed by atoms with Crippen molar-refractivity contribution in [3.05, 3.63) is 35.5 Å². The number of carbonyl (C=O) groups is 1. The van der Waals surface area contributed by atoms with E-state index in [1.54, 1.807) is 6.07 Å². The van der Waals surface area contributed by atoms with Crippen LogP contribution in [0.4, 0.5) is 0 Å². The van der Waals surface area contributed by atoms with Gasteiger partial charge in [-0.05, 0) is 36.7 Å². The summed E-state index contributed by atoms with van der Waals surface area (Å²) in [6.07, 6.45) is 2.70. The molecule has 5 N–H and O–H groups in total. The van der Waals surface area contributed by atoms with E-state index in [4.69, 9.17) is 10.8 Å². The zero-order chi connectivity index (χ0) is 13.0. The Labute approximate surface area is 105 Å². The lowest BCUT2D eigenvalue weighted by Crippen LogP contribution is -2.26. The summed E-state index contributed by atoms with van der Waals surface area (Å²) in [5, 5.41) is 12.3. The highest BCUT2D eigenvalue weighted by Crippen LogP contribution is 2.20. The largest absolute Gasteiger partial charge is 0.395 e. The van der Waals surface area contributed by atoms with Crippen molar-refractivity contribution in [2.75, 3.05) is 19.7 Å². The molecule has 0 aliphatic carbocycles. The molecule has 5 nitrogen and oxygen atoms in total. The molecule has 1 amide bonds. The molecule has 0 saturated carbocycles. The van der Waals surface area contributed by atoms with Crippen LogP contribution in [-0.2, 0) is 6.42 Å². The number of benzene rings is 1. The van der Waals surface area contributed by atoms with Gasteiger partial charge in [0.15, 0.2) is 0 Å². The summed E-state index contributed by atoms with van der Waals surface area (Å²) in [5.74, 6) is -0.175. The van der Waals surface area contributed by atoms with E-state index in [1.807, 2.05) is 18.3 Å². The van der Waals surface area contributed by atoms with Crippen molar-refractivity contribution in [3.8, 4) is 0 Å². The van der Waals surface area contributed by atoms with E-state index in [1.165, 1.54) is 0 Å². The van der Waals surface area contributed by atoms with Crippen molar-refractivity contribution in [1.82, 2.24) is 10.3 Å². The van der Waals surface area contributed by atoms with Crippen molar-refractivity contribution < 1.29 is 9.90 Å². The highest BCUT2D eigenvalue weighted by atomic mass is 16.3. The van der Waals surface area contributed by atoms with Crippen molar-refractivity contribution in [3.63, 3.8) is 0 Å². The van der Waals surface area contributed by atoms with Crippen LogP contribution in [0.15, 0.2) is 24.4 Å². The molecule has 18 heavy (non-hydrogen) atoms. The average Bonchev–Trinajstić information content (AvgIpc) is 2.79. The molecular weight excluding hydrogens is 230 g/mol. The normalized spacial score (nSPS) is 10.8. The number of amides is 1. The van der Waals surface area contributed by atoms with Crippen LogP contribution in [0, 0.1) is 0 Å². The number of hydrogen-bond donors (Lipinski definition) is 4. The summed E-state index contributed by atoms with van der Waals surface area (Å²) in [4.78, 5) is 14.9. The molecule has 0 bridgehead atoms. The third kappa shape index (κ3) is 2.52. The summed E-state index contributed by atoms with van der Waals surface area (Å²) in [6, 6.07) is 5.49. The second-order valence-electron chi connectivity index (χ2n) is 4.09. The van der Waals surface area contributed by atoms with E-state index in [0.717, 1.165) is 22.9 Å². The number of aliphatic hydroxyl groups excluding tert-OH is 1. The molecule has 5 heteroatoms. The first-order valence-corrected chi connectivity index (χ1v) is 5.95. The molecule has 96 valence electrons. The summed E-state index contributed by atoms with van der Waals surface area (Å²) in [7, 11) is 0. The summed E-state index contributed by atoms with van der Waals surface area (Å²) in [5.41, 5.74) is 8.26. The third-order valence-electron chi connectivity index (χ3n) is 2.84. The SMILES string of the molecule is NCCc1c[nH]c2ccc(C(=O)NCCO)cc12. The third-order valence-corrected chi connectivity index (χ3v) is 2.84. The predicted octanol–water partition coefficient (Wildman–Crippen LogP) is 0.391. The minimum Gasteiger partial charge on any atom is -0.395 e. The number of fused-ring (bicyclic) bond motifs is 1. The molecule has 1 aromatic heterocycles. The van der Waals surface area contributed by atoms with E-state index in [0.29, 0.717) is 12.1 Å². The molecule has 0 atom stereocenters. The van der Waals surface area contributed by atoms with Gasteiger partial charge in [-0.25, -0.2) is 0 Å². The van der Waals surface area contributed by atoms with Gasteiger partial charge in [-0.3, -0.25) is 4.79 Å². The summed E-state index contributed by atoms with van der Waals surface area (Å²) in [6.45, 7) is 0.782. The number of nitrogens with two attached hydrogens (primary N) is 1. The van der Waals surface area contributed by atoms with Crippen LogP contribution in [0.2, 0.25) is 0 Å². The predicted molar refractivity (Wildman–Crippen MR) is 70.5 cm³/mol. The van der Waals surface area contributed by atoms with Crippen LogP contribution in [0.1, 0.15) is 15.9 Å². The Morgan fingerprint density at radius 1 is 1.44 bits per heavy atom. The number of H-pyrrole nitrogens is 1. The summed E-state index contributed by atoms with van der Waals surface area (Å²) < 4.78 is 0. The molecule has 0 aliphatic heterocycles. The number of aromatic amines is 1. The van der Waals surface area contributed by atoms with Crippen LogP contribution in [-0.4, -0.2) is 35.7 Å². The molecule has 1 heterocycles. The zero-order valence-electron chi connectivity index (χ0n) is 10.1.